The highest BCUT2D eigenvalue weighted by atomic mass is 32.1. The molecule has 3 aromatic rings. The lowest BCUT2D eigenvalue weighted by molar-refractivity contribution is 0.633. The van der Waals surface area contributed by atoms with E-state index in [1.54, 1.807) is 22.7 Å². The molecule has 1 unspecified atom stereocenters. The minimum absolute atomic E-state index is 0.179. The lowest BCUT2D eigenvalue weighted by atomic mass is 10.1. The number of fused-ring (bicyclic) bond motifs is 1. The van der Waals surface area contributed by atoms with Gasteiger partial charge in [-0.25, -0.2) is 4.98 Å². The van der Waals surface area contributed by atoms with Gasteiger partial charge in [0.25, 0.3) is 0 Å². The highest BCUT2D eigenvalue weighted by Gasteiger charge is 2.18. The van der Waals surface area contributed by atoms with Gasteiger partial charge in [0.15, 0.2) is 10.8 Å². The first-order valence-electron chi connectivity index (χ1n) is 7.12. The predicted octanol–water partition coefficient (Wildman–Crippen LogP) is 3.37. The molecule has 0 aromatic carbocycles. The van der Waals surface area contributed by atoms with Crippen molar-refractivity contribution >= 4 is 33.5 Å². The fourth-order valence-electron chi connectivity index (χ4n) is 2.42. The summed E-state index contributed by atoms with van der Waals surface area (Å²) in [6.07, 6.45) is 3.93. The smallest absolute Gasteiger partial charge is 0.195 e. The van der Waals surface area contributed by atoms with Crippen LogP contribution in [-0.4, -0.2) is 22.5 Å². The van der Waals surface area contributed by atoms with Gasteiger partial charge in [0.1, 0.15) is 0 Å². The zero-order chi connectivity index (χ0) is 14.8. The van der Waals surface area contributed by atoms with E-state index in [-0.39, 0.29) is 6.04 Å². The Morgan fingerprint density at radius 1 is 1.38 bits per heavy atom. The van der Waals surface area contributed by atoms with E-state index in [1.165, 1.54) is 10.6 Å². The van der Waals surface area contributed by atoms with Crippen LogP contribution in [0, 0.1) is 0 Å². The molecule has 0 aliphatic carbocycles. The summed E-state index contributed by atoms with van der Waals surface area (Å²) in [6.45, 7) is 3.02. The van der Waals surface area contributed by atoms with Gasteiger partial charge in [-0.05, 0) is 17.9 Å². The maximum atomic E-state index is 6.17. The standard InChI is InChI=1S/C15H20N4S2/c1-3-11(16)9-13-14(17-15-19(13)6-8-21-15)18(2)10-12-5-4-7-20-12/h4-8,11H,3,9-10,16H2,1-2H3. The summed E-state index contributed by atoms with van der Waals surface area (Å²) >= 11 is 3.45. The Kier molecular flexibility index (Phi) is 4.28. The van der Waals surface area contributed by atoms with Crippen molar-refractivity contribution in [2.24, 2.45) is 5.73 Å². The average Bonchev–Trinajstić information content (AvgIpc) is 3.16. The summed E-state index contributed by atoms with van der Waals surface area (Å²) < 4.78 is 2.18. The van der Waals surface area contributed by atoms with Gasteiger partial charge in [-0.3, -0.25) is 4.40 Å². The van der Waals surface area contributed by atoms with E-state index in [4.69, 9.17) is 10.7 Å². The van der Waals surface area contributed by atoms with E-state index in [1.807, 2.05) is 0 Å². The molecule has 21 heavy (non-hydrogen) atoms. The number of imidazole rings is 1. The van der Waals surface area contributed by atoms with Gasteiger partial charge in [-0.15, -0.1) is 22.7 Å². The summed E-state index contributed by atoms with van der Waals surface area (Å²) in [5.41, 5.74) is 7.40. The van der Waals surface area contributed by atoms with Gasteiger partial charge in [-0.1, -0.05) is 13.0 Å². The fraction of sp³-hybridized carbons (Fsp3) is 0.400. The number of anilines is 1. The molecule has 3 aromatic heterocycles. The molecule has 3 heterocycles. The van der Waals surface area contributed by atoms with Crippen LogP contribution in [0.1, 0.15) is 23.9 Å². The third-order valence-electron chi connectivity index (χ3n) is 3.65. The first-order chi connectivity index (χ1) is 10.2. The van der Waals surface area contributed by atoms with Crippen LogP contribution in [0.4, 0.5) is 5.82 Å². The topological polar surface area (TPSA) is 46.6 Å². The zero-order valence-corrected chi connectivity index (χ0v) is 14.0. The molecular weight excluding hydrogens is 300 g/mol. The highest BCUT2D eigenvalue weighted by molar-refractivity contribution is 7.15. The maximum Gasteiger partial charge on any atom is 0.195 e. The Bertz CT molecular complexity index is 698. The highest BCUT2D eigenvalue weighted by Crippen LogP contribution is 2.27. The van der Waals surface area contributed by atoms with Gasteiger partial charge < -0.3 is 10.6 Å². The molecule has 0 aliphatic rings. The molecule has 0 radical (unpaired) electrons. The Morgan fingerprint density at radius 3 is 2.95 bits per heavy atom. The minimum atomic E-state index is 0.179. The van der Waals surface area contributed by atoms with E-state index < -0.39 is 0 Å². The molecule has 3 rings (SSSR count). The summed E-state index contributed by atoms with van der Waals surface area (Å²) in [6, 6.07) is 4.43. The normalized spacial score (nSPS) is 12.9. The van der Waals surface area contributed by atoms with Crippen molar-refractivity contribution in [1.82, 2.24) is 9.38 Å². The van der Waals surface area contributed by atoms with E-state index in [0.717, 1.165) is 30.2 Å². The van der Waals surface area contributed by atoms with Crippen molar-refractivity contribution in [2.75, 3.05) is 11.9 Å². The van der Waals surface area contributed by atoms with E-state index >= 15 is 0 Å². The maximum absolute atomic E-state index is 6.17. The third kappa shape index (κ3) is 2.97. The Hall–Kier alpha value is -1.37. The van der Waals surface area contributed by atoms with Crippen LogP contribution < -0.4 is 10.6 Å². The lowest BCUT2D eigenvalue weighted by Crippen LogP contribution is -2.24. The number of nitrogens with two attached hydrogens (primary N) is 1. The second-order valence-electron chi connectivity index (χ2n) is 5.25. The van der Waals surface area contributed by atoms with Crippen molar-refractivity contribution in [3.63, 3.8) is 0 Å². The van der Waals surface area contributed by atoms with Crippen LogP contribution in [0.25, 0.3) is 4.96 Å². The first-order valence-corrected chi connectivity index (χ1v) is 8.88. The minimum Gasteiger partial charge on any atom is -0.353 e. The number of hydrogen-bond acceptors (Lipinski definition) is 5. The molecule has 0 fully saturated rings. The van der Waals surface area contributed by atoms with Gasteiger partial charge in [0.2, 0.25) is 0 Å². The van der Waals surface area contributed by atoms with Crippen LogP contribution in [0.15, 0.2) is 29.1 Å². The molecule has 6 heteroatoms. The van der Waals surface area contributed by atoms with Gasteiger partial charge >= 0.3 is 0 Å². The van der Waals surface area contributed by atoms with Gasteiger partial charge in [0.05, 0.1) is 12.2 Å². The van der Waals surface area contributed by atoms with Crippen LogP contribution in [0.5, 0.6) is 0 Å². The lowest BCUT2D eigenvalue weighted by Gasteiger charge is -2.19. The number of thiazole rings is 1. The van der Waals surface area contributed by atoms with Crippen molar-refractivity contribution in [2.45, 2.75) is 32.4 Å². The second-order valence-corrected chi connectivity index (χ2v) is 7.15. The molecule has 2 N–H and O–H groups in total. The van der Waals surface area contributed by atoms with E-state index in [0.29, 0.717) is 0 Å². The summed E-state index contributed by atoms with van der Waals surface area (Å²) in [7, 11) is 2.10. The molecule has 0 saturated carbocycles. The van der Waals surface area contributed by atoms with Crippen LogP contribution >= 0.6 is 22.7 Å². The summed E-state index contributed by atoms with van der Waals surface area (Å²) in [5, 5.41) is 4.19. The number of hydrogen-bond donors (Lipinski definition) is 1. The van der Waals surface area contributed by atoms with Crippen molar-refractivity contribution in [1.29, 1.82) is 0 Å². The largest absolute Gasteiger partial charge is 0.353 e. The monoisotopic (exact) mass is 320 g/mol. The Balaban J connectivity index is 1.92. The number of rotatable bonds is 6. The second kappa shape index (κ2) is 6.17. The van der Waals surface area contributed by atoms with Crippen LogP contribution in [0.3, 0.4) is 0 Å². The summed E-state index contributed by atoms with van der Waals surface area (Å²) in [4.78, 5) is 9.41. The molecule has 1 atom stereocenters. The van der Waals surface area contributed by atoms with E-state index in [2.05, 4.69) is 52.4 Å². The van der Waals surface area contributed by atoms with Crippen molar-refractivity contribution in [3.05, 3.63) is 39.7 Å². The Morgan fingerprint density at radius 2 is 2.24 bits per heavy atom. The van der Waals surface area contributed by atoms with Gasteiger partial charge in [0, 0.05) is 36.0 Å². The first kappa shape index (κ1) is 14.6. The number of aromatic nitrogens is 2. The molecule has 112 valence electrons. The third-order valence-corrected chi connectivity index (χ3v) is 5.27. The number of nitrogens with zero attached hydrogens (tertiary/aromatic N) is 3. The number of thiophene rings is 1. The molecule has 0 spiro atoms. The quantitative estimate of drug-likeness (QED) is 0.757. The van der Waals surface area contributed by atoms with Crippen LogP contribution in [-0.2, 0) is 13.0 Å². The molecule has 0 bridgehead atoms. The molecule has 0 amide bonds. The van der Waals surface area contributed by atoms with Gasteiger partial charge in [-0.2, -0.15) is 0 Å². The fourth-order valence-corrected chi connectivity index (χ4v) is 3.91. The Labute approximate surface area is 132 Å². The van der Waals surface area contributed by atoms with E-state index in [9.17, 15) is 0 Å². The predicted molar refractivity (Wildman–Crippen MR) is 91.5 cm³/mol. The SMILES string of the molecule is CCC(N)Cc1c(N(C)Cc2cccs2)nc2sccn12. The zero-order valence-electron chi connectivity index (χ0n) is 12.3. The van der Waals surface area contributed by atoms with Crippen molar-refractivity contribution in [3.8, 4) is 0 Å². The molecule has 0 saturated heterocycles. The molecule has 4 nitrogen and oxygen atoms in total. The average molecular weight is 320 g/mol. The molecule has 0 aliphatic heterocycles. The molecular formula is C15H20N4S2. The summed E-state index contributed by atoms with van der Waals surface area (Å²) in [5.74, 6) is 1.05. The van der Waals surface area contributed by atoms with Crippen LogP contribution in [0.2, 0.25) is 0 Å². The van der Waals surface area contributed by atoms with Crippen molar-refractivity contribution < 1.29 is 0 Å².